The second-order valence-electron chi connectivity index (χ2n) is 6.79. The first-order valence-corrected chi connectivity index (χ1v) is 8.49. The van der Waals surface area contributed by atoms with E-state index in [1.165, 1.54) is 18.7 Å². The Kier molecular flexibility index (Phi) is 6.27. The number of anilines is 1. The van der Waals surface area contributed by atoms with Crippen LogP contribution in [0.15, 0.2) is 42.5 Å². The summed E-state index contributed by atoms with van der Waals surface area (Å²) < 4.78 is 10.2. The molecule has 0 bridgehead atoms. The van der Waals surface area contributed by atoms with Gasteiger partial charge in [0.2, 0.25) is 0 Å². The lowest BCUT2D eigenvalue weighted by Crippen LogP contribution is -2.22. The maximum Gasteiger partial charge on any atom is 0.340 e. The van der Waals surface area contributed by atoms with Crippen LogP contribution in [0, 0.1) is 0 Å². The van der Waals surface area contributed by atoms with E-state index in [4.69, 9.17) is 21.1 Å². The molecule has 0 unspecified atom stereocenters. The summed E-state index contributed by atoms with van der Waals surface area (Å²) in [4.78, 5) is 23.9. The number of hydrogen-bond acceptors (Lipinski definition) is 4. The van der Waals surface area contributed by atoms with Crippen LogP contribution in [0.2, 0.25) is 5.02 Å². The number of ether oxygens (including phenoxy) is 2. The fourth-order valence-electron chi connectivity index (χ4n) is 2.29. The fourth-order valence-corrected chi connectivity index (χ4v) is 2.46. The highest BCUT2D eigenvalue weighted by molar-refractivity contribution is 6.31. The van der Waals surface area contributed by atoms with E-state index in [0.717, 1.165) is 0 Å². The van der Waals surface area contributed by atoms with Crippen LogP contribution in [0.1, 0.15) is 36.7 Å². The number of amides is 1. The molecule has 138 valence electrons. The Balaban J connectivity index is 2.00. The maximum absolute atomic E-state index is 12.1. The minimum atomic E-state index is -0.582. The summed E-state index contributed by atoms with van der Waals surface area (Å²) in [6, 6.07) is 12.2. The molecule has 2 aromatic carbocycles. The third-order valence-corrected chi connectivity index (χ3v) is 3.99. The van der Waals surface area contributed by atoms with E-state index in [-0.39, 0.29) is 17.6 Å². The first-order valence-electron chi connectivity index (χ1n) is 8.12. The van der Waals surface area contributed by atoms with Gasteiger partial charge in [-0.3, -0.25) is 4.79 Å². The molecule has 0 aliphatic carbocycles. The lowest BCUT2D eigenvalue weighted by atomic mass is 9.87. The Morgan fingerprint density at radius 3 is 2.31 bits per heavy atom. The average Bonchev–Trinajstić information content (AvgIpc) is 2.60. The van der Waals surface area contributed by atoms with Crippen molar-refractivity contribution >= 4 is 29.2 Å². The van der Waals surface area contributed by atoms with E-state index in [1.807, 2.05) is 24.3 Å². The number of carbonyl (C=O) groups excluding carboxylic acids is 2. The second kappa shape index (κ2) is 8.23. The van der Waals surface area contributed by atoms with Crippen molar-refractivity contribution < 1.29 is 19.1 Å². The van der Waals surface area contributed by atoms with Gasteiger partial charge < -0.3 is 14.8 Å². The molecular weight excluding hydrogens is 354 g/mol. The van der Waals surface area contributed by atoms with Crippen molar-refractivity contribution in [2.24, 2.45) is 0 Å². The van der Waals surface area contributed by atoms with E-state index < -0.39 is 11.9 Å². The molecule has 0 radical (unpaired) electrons. The normalized spacial score (nSPS) is 11.0. The second-order valence-corrected chi connectivity index (χ2v) is 7.23. The standard InChI is InChI=1S/C20H22ClNO4/c1-20(2,3)13-5-8-15(9-6-13)26-12-18(23)22-17-10-7-14(21)11-16(17)19(24)25-4/h5-11H,12H2,1-4H3,(H,22,23). The van der Waals surface area contributed by atoms with Gasteiger partial charge in [-0.05, 0) is 41.3 Å². The number of esters is 1. The first-order chi connectivity index (χ1) is 12.2. The molecular formula is C20H22ClNO4. The van der Waals surface area contributed by atoms with Gasteiger partial charge in [-0.1, -0.05) is 44.5 Å². The van der Waals surface area contributed by atoms with Crippen molar-refractivity contribution in [2.75, 3.05) is 19.0 Å². The smallest absolute Gasteiger partial charge is 0.340 e. The zero-order valence-corrected chi connectivity index (χ0v) is 16.0. The van der Waals surface area contributed by atoms with Gasteiger partial charge in [-0.25, -0.2) is 4.79 Å². The zero-order chi connectivity index (χ0) is 19.3. The van der Waals surface area contributed by atoms with Crippen molar-refractivity contribution in [2.45, 2.75) is 26.2 Å². The highest BCUT2D eigenvalue weighted by Gasteiger charge is 2.16. The van der Waals surface area contributed by atoms with E-state index in [2.05, 4.69) is 26.1 Å². The number of benzene rings is 2. The SMILES string of the molecule is COC(=O)c1cc(Cl)ccc1NC(=O)COc1ccc(C(C)(C)C)cc1. The summed E-state index contributed by atoms with van der Waals surface area (Å²) in [7, 11) is 1.26. The highest BCUT2D eigenvalue weighted by Crippen LogP contribution is 2.24. The van der Waals surface area contributed by atoms with Crippen molar-refractivity contribution in [3.63, 3.8) is 0 Å². The summed E-state index contributed by atoms with van der Waals surface area (Å²) in [5, 5.41) is 3.01. The molecule has 0 fully saturated rings. The van der Waals surface area contributed by atoms with E-state index in [9.17, 15) is 9.59 Å². The number of carbonyl (C=O) groups is 2. The van der Waals surface area contributed by atoms with Gasteiger partial charge in [0.1, 0.15) is 5.75 Å². The lowest BCUT2D eigenvalue weighted by Gasteiger charge is -2.19. The van der Waals surface area contributed by atoms with E-state index >= 15 is 0 Å². The molecule has 0 saturated heterocycles. The summed E-state index contributed by atoms with van der Waals surface area (Å²) in [6.07, 6.45) is 0. The van der Waals surface area contributed by atoms with Crippen LogP contribution < -0.4 is 10.1 Å². The monoisotopic (exact) mass is 375 g/mol. The molecule has 26 heavy (non-hydrogen) atoms. The molecule has 0 saturated carbocycles. The number of rotatable bonds is 5. The molecule has 2 aromatic rings. The average molecular weight is 376 g/mol. The van der Waals surface area contributed by atoms with Crippen LogP contribution in [-0.4, -0.2) is 25.6 Å². The quantitative estimate of drug-likeness (QED) is 0.784. The highest BCUT2D eigenvalue weighted by atomic mass is 35.5. The molecule has 1 amide bonds. The minimum absolute atomic E-state index is 0.0504. The molecule has 0 atom stereocenters. The van der Waals surface area contributed by atoms with Crippen LogP contribution in [0.4, 0.5) is 5.69 Å². The topological polar surface area (TPSA) is 64.6 Å². The molecule has 0 aliphatic rings. The van der Waals surface area contributed by atoms with Gasteiger partial charge in [-0.15, -0.1) is 0 Å². The van der Waals surface area contributed by atoms with Crippen molar-refractivity contribution in [1.29, 1.82) is 0 Å². The Morgan fingerprint density at radius 1 is 1.08 bits per heavy atom. The fraction of sp³-hybridized carbons (Fsp3) is 0.300. The van der Waals surface area contributed by atoms with Crippen molar-refractivity contribution in [1.82, 2.24) is 0 Å². The molecule has 0 heterocycles. The Hall–Kier alpha value is -2.53. The third-order valence-electron chi connectivity index (χ3n) is 3.75. The van der Waals surface area contributed by atoms with Crippen molar-refractivity contribution in [3.8, 4) is 5.75 Å². The molecule has 0 spiro atoms. The Morgan fingerprint density at radius 2 is 1.73 bits per heavy atom. The molecule has 5 nitrogen and oxygen atoms in total. The summed E-state index contributed by atoms with van der Waals surface area (Å²) in [5.41, 5.74) is 1.73. The van der Waals surface area contributed by atoms with Crippen LogP contribution in [0.5, 0.6) is 5.75 Å². The number of methoxy groups -OCH3 is 1. The zero-order valence-electron chi connectivity index (χ0n) is 15.3. The van der Waals surface area contributed by atoms with Gasteiger partial charge >= 0.3 is 5.97 Å². The first kappa shape index (κ1) is 19.8. The lowest BCUT2D eigenvalue weighted by molar-refractivity contribution is -0.118. The van der Waals surface area contributed by atoms with E-state index in [1.54, 1.807) is 12.1 Å². The molecule has 0 aromatic heterocycles. The van der Waals surface area contributed by atoms with Gasteiger partial charge in [0.25, 0.3) is 5.91 Å². The van der Waals surface area contributed by atoms with Crippen LogP contribution in [0.3, 0.4) is 0 Å². The molecule has 6 heteroatoms. The van der Waals surface area contributed by atoms with Crippen LogP contribution >= 0.6 is 11.6 Å². The Labute approximate surface area is 158 Å². The predicted octanol–water partition coefficient (Wildman–Crippen LogP) is 4.44. The number of nitrogens with one attached hydrogen (secondary N) is 1. The van der Waals surface area contributed by atoms with E-state index in [0.29, 0.717) is 16.5 Å². The van der Waals surface area contributed by atoms with Gasteiger partial charge in [0, 0.05) is 5.02 Å². The predicted molar refractivity (Wildman–Crippen MR) is 102 cm³/mol. The molecule has 1 N–H and O–H groups in total. The molecule has 0 aliphatic heterocycles. The van der Waals surface area contributed by atoms with Gasteiger partial charge in [0.15, 0.2) is 6.61 Å². The Bertz CT molecular complexity index is 794. The third kappa shape index (κ3) is 5.23. The largest absolute Gasteiger partial charge is 0.484 e. The minimum Gasteiger partial charge on any atom is -0.484 e. The van der Waals surface area contributed by atoms with Crippen LogP contribution in [0.25, 0.3) is 0 Å². The summed E-state index contributed by atoms with van der Waals surface area (Å²) in [6.45, 7) is 6.20. The maximum atomic E-state index is 12.1. The number of halogens is 1. The summed E-state index contributed by atoms with van der Waals surface area (Å²) >= 11 is 5.90. The summed E-state index contributed by atoms with van der Waals surface area (Å²) in [5.74, 6) is -0.378. The molecule has 2 rings (SSSR count). The van der Waals surface area contributed by atoms with Crippen molar-refractivity contribution in [3.05, 3.63) is 58.6 Å². The van der Waals surface area contributed by atoms with Gasteiger partial charge in [-0.2, -0.15) is 0 Å². The van der Waals surface area contributed by atoms with Crippen LogP contribution in [-0.2, 0) is 14.9 Å². The van der Waals surface area contributed by atoms with Gasteiger partial charge in [0.05, 0.1) is 18.4 Å². The number of hydrogen-bond donors (Lipinski definition) is 1.